The second-order valence-electron chi connectivity index (χ2n) is 7.77. The third-order valence-corrected chi connectivity index (χ3v) is 5.29. The van der Waals surface area contributed by atoms with Crippen molar-refractivity contribution in [3.8, 4) is 17.2 Å². The van der Waals surface area contributed by atoms with Crippen molar-refractivity contribution in [1.29, 1.82) is 0 Å². The zero-order valence-corrected chi connectivity index (χ0v) is 18.6. The molecule has 0 amide bonds. The molecule has 0 aliphatic carbocycles. The van der Waals surface area contributed by atoms with Gasteiger partial charge >= 0.3 is 0 Å². The van der Waals surface area contributed by atoms with Gasteiger partial charge in [-0.2, -0.15) is 0 Å². The first-order valence-electron chi connectivity index (χ1n) is 11.0. The van der Waals surface area contributed by atoms with Crippen molar-refractivity contribution in [3.63, 3.8) is 0 Å². The minimum absolute atomic E-state index is 0.333. The number of ether oxygens (including phenoxy) is 2. The number of phenols is 1. The van der Waals surface area contributed by atoms with Crippen LogP contribution in [0.5, 0.6) is 17.2 Å². The zero-order chi connectivity index (χ0) is 21.9. The Balaban J connectivity index is 1.67. The average molecular weight is 420 g/mol. The van der Waals surface area contributed by atoms with Crippen molar-refractivity contribution >= 4 is 0 Å². The smallest absolute Gasteiger partial charge is 0.166 e. The van der Waals surface area contributed by atoms with E-state index in [4.69, 9.17) is 9.47 Å². The predicted molar refractivity (Wildman–Crippen MR) is 126 cm³/mol. The standard InChI is InChI=1S/C27H33NO3/c1-3-17-28(18-9-13-22-12-7-15-25(29)19-22)20-24-14-8-16-26(30-2)27(24)31-21-23-10-5-4-6-11-23/h4-8,10-12,14-16,19,29H,3,9,13,17-18,20-21H2,1-2H3. The molecule has 1 N–H and O–H groups in total. The van der Waals surface area contributed by atoms with Crippen LogP contribution < -0.4 is 9.47 Å². The van der Waals surface area contributed by atoms with Crippen LogP contribution in [0.15, 0.2) is 72.8 Å². The van der Waals surface area contributed by atoms with Gasteiger partial charge in [0.05, 0.1) is 7.11 Å². The Hall–Kier alpha value is -2.98. The summed E-state index contributed by atoms with van der Waals surface area (Å²) in [4.78, 5) is 2.47. The summed E-state index contributed by atoms with van der Waals surface area (Å²) in [5.74, 6) is 1.92. The molecule has 0 atom stereocenters. The highest BCUT2D eigenvalue weighted by Gasteiger charge is 2.14. The quantitative estimate of drug-likeness (QED) is 0.401. The van der Waals surface area contributed by atoms with E-state index in [2.05, 4.69) is 36.1 Å². The fourth-order valence-corrected chi connectivity index (χ4v) is 3.79. The molecule has 0 bridgehead atoms. The van der Waals surface area contributed by atoms with Crippen molar-refractivity contribution in [2.45, 2.75) is 39.3 Å². The van der Waals surface area contributed by atoms with E-state index in [1.807, 2.05) is 42.5 Å². The molecule has 0 heterocycles. The zero-order valence-electron chi connectivity index (χ0n) is 18.6. The lowest BCUT2D eigenvalue weighted by Gasteiger charge is -2.24. The monoisotopic (exact) mass is 419 g/mol. The van der Waals surface area contributed by atoms with Gasteiger partial charge < -0.3 is 14.6 Å². The Labute approximate surface area is 186 Å². The molecule has 4 nitrogen and oxygen atoms in total. The van der Waals surface area contributed by atoms with E-state index in [1.165, 1.54) is 5.56 Å². The summed E-state index contributed by atoms with van der Waals surface area (Å²) in [5.41, 5.74) is 3.45. The highest BCUT2D eigenvalue weighted by molar-refractivity contribution is 5.46. The number of methoxy groups -OCH3 is 1. The number of rotatable bonds is 12. The molecule has 0 spiro atoms. The molecular weight excluding hydrogens is 386 g/mol. The summed E-state index contributed by atoms with van der Waals surface area (Å²) in [6, 6.07) is 23.8. The minimum atomic E-state index is 0.333. The Kier molecular flexibility index (Phi) is 8.80. The number of benzene rings is 3. The maximum atomic E-state index is 9.68. The Morgan fingerprint density at radius 1 is 0.871 bits per heavy atom. The Bertz CT molecular complexity index is 927. The maximum Gasteiger partial charge on any atom is 0.166 e. The fourth-order valence-electron chi connectivity index (χ4n) is 3.79. The van der Waals surface area contributed by atoms with E-state index in [-0.39, 0.29) is 0 Å². The maximum absolute atomic E-state index is 9.68. The van der Waals surface area contributed by atoms with Crippen molar-refractivity contribution in [2.24, 2.45) is 0 Å². The van der Waals surface area contributed by atoms with Gasteiger partial charge in [-0.05, 0) is 61.7 Å². The van der Waals surface area contributed by atoms with E-state index in [0.29, 0.717) is 12.4 Å². The van der Waals surface area contributed by atoms with Crippen molar-refractivity contribution < 1.29 is 14.6 Å². The third-order valence-electron chi connectivity index (χ3n) is 5.29. The highest BCUT2D eigenvalue weighted by Crippen LogP contribution is 2.33. The van der Waals surface area contributed by atoms with Crippen LogP contribution in [0.3, 0.4) is 0 Å². The molecule has 0 saturated heterocycles. The van der Waals surface area contributed by atoms with Gasteiger partial charge in [0, 0.05) is 12.1 Å². The normalized spacial score (nSPS) is 10.9. The second-order valence-corrected chi connectivity index (χ2v) is 7.77. The summed E-state index contributed by atoms with van der Waals surface area (Å²) in [6.07, 6.45) is 3.08. The van der Waals surface area contributed by atoms with Crippen LogP contribution in [-0.4, -0.2) is 30.2 Å². The molecule has 3 aromatic carbocycles. The summed E-state index contributed by atoms with van der Waals surface area (Å²) in [6.45, 7) is 5.55. The average Bonchev–Trinajstić information content (AvgIpc) is 2.79. The SMILES string of the molecule is CCCN(CCCc1cccc(O)c1)Cc1cccc(OC)c1OCc1ccccc1. The van der Waals surface area contributed by atoms with E-state index in [0.717, 1.165) is 61.5 Å². The van der Waals surface area contributed by atoms with E-state index in [9.17, 15) is 5.11 Å². The van der Waals surface area contributed by atoms with Crippen LogP contribution in [0.2, 0.25) is 0 Å². The highest BCUT2D eigenvalue weighted by atomic mass is 16.5. The number of para-hydroxylation sites is 1. The molecule has 0 fully saturated rings. The number of aryl methyl sites for hydroxylation is 1. The van der Waals surface area contributed by atoms with Gasteiger partial charge in [-0.1, -0.05) is 61.5 Å². The van der Waals surface area contributed by atoms with Gasteiger partial charge in [-0.25, -0.2) is 0 Å². The summed E-state index contributed by atoms with van der Waals surface area (Å²) >= 11 is 0. The summed E-state index contributed by atoms with van der Waals surface area (Å²) in [7, 11) is 1.69. The van der Waals surface area contributed by atoms with E-state index < -0.39 is 0 Å². The lowest BCUT2D eigenvalue weighted by Crippen LogP contribution is -2.26. The lowest BCUT2D eigenvalue weighted by atomic mass is 10.1. The molecule has 4 heteroatoms. The predicted octanol–water partition coefficient (Wildman–Crippen LogP) is 5.82. The molecule has 0 saturated carbocycles. The first-order chi connectivity index (χ1) is 15.2. The van der Waals surface area contributed by atoms with Crippen molar-refractivity contribution in [2.75, 3.05) is 20.2 Å². The fraction of sp³-hybridized carbons (Fsp3) is 0.333. The van der Waals surface area contributed by atoms with Crippen LogP contribution in [0, 0.1) is 0 Å². The molecule has 0 aliphatic heterocycles. The van der Waals surface area contributed by atoms with E-state index >= 15 is 0 Å². The number of aromatic hydroxyl groups is 1. The molecular formula is C27H33NO3. The molecule has 0 aromatic heterocycles. The second kappa shape index (κ2) is 12.0. The van der Waals surface area contributed by atoms with Gasteiger partial charge in [0.15, 0.2) is 11.5 Å². The molecule has 0 aliphatic rings. The van der Waals surface area contributed by atoms with Crippen LogP contribution in [0.25, 0.3) is 0 Å². The largest absolute Gasteiger partial charge is 0.508 e. The van der Waals surface area contributed by atoms with Crippen LogP contribution in [0.1, 0.15) is 36.5 Å². The first kappa shape index (κ1) is 22.7. The van der Waals surface area contributed by atoms with Gasteiger partial charge in [-0.15, -0.1) is 0 Å². The van der Waals surface area contributed by atoms with Crippen LogP contribution in [0.4, 0.5) is 0 Å². The van der Waals surface area contributed by atoms with Gasteiger partial charge in [-0.3, -0.25) is 4.90 Å². The van der Waals surface area contributed by atoms with Gasteiger partial charge in [0.25, 0.3) is 0 Å². The number of hydrogen-bond acceptors (Lipinski definition) is 4. The molecule has 3 rings (SSSR count). The van der Waals surface area contributed by atoms with Crippen molar-refractivity contribution in [3.05, 3.63) is 89.5 Å². The topological polar surface area (TPSA) is 41.9 Å². The first-order valence-corrected chi connectivity index (χ1v) is 11.0. The molecule has 3 aromatic rings. The van der Waals surface area contributed by atoms with Gasteiger partial charge in [0.1, 0.15) is 12.4 Å². The molecule has 0 unspecified atom stereocenters. The van der Waals surface area contributed by atoms with Crippen LogP contribution >= 0.6 is 0 Å². The summed E-state index contributed by atoms with van der Waals surface area (Å²) < 4.78 is 11.8. The lowest BCUT2D eigenvalue weighted by molar-refractivity contribution is 0.245. The minimum Gasteiger partial charge on any atom is -0.508 e. The van der Waals surface area contributed by atoms with Crippen molar-refractivity contribution in [1.82, 2.24) is 4.90 Å². The number of phenolic OH excluding ortho intramolecular Hbond substituents is 1. The third kappa shape index (κ3) is 7.04. The Morgan fingerprint density at radius 3 is 2.39 bits per heavy atom. The molecule has 0 radical (unpaired) electrons. The van der Waals surface area contributed by atoms with E-state index in [1.54, 1.807) is 13.2 Å². The molecule has 164 valence electrons. The number of hydrogen-bond donors (Lipinski definition) is 1. The Morgan fingerprint density at radius 2 is 1.65 bits per heavy atom. The van der Waals surface area contributed by atoms with Crippen LogP contribution in [-0.2, 0) is 19.6 Å². The number of nitrogens with zero attached hydrogens (tertiary/aromatic N) is 1. The van der Waals surface area contributed by atoms with Gasteiger partial charge in [0.2, 0.25) is 0 Å². The molecule has 31 heavy (non-hydrogen) atoms. The summed E-state index contributed by atoms with van der Waals surface area (Å²) in [5, 5.41) is 9.68.